The molecule has 0 bridgehead atoms. The molecule has 0 saturated carbocycles. The number of nitrogens with zero attached hydrogens (tertiary/aromatic N) is 1. The molecule has 18 heavy (non-hydrogen) atoms. The van der Waals surface area contributed by atoms with E-state index in [1.54, 1.807) is 0 Å². The number of rotatable bonds is 3. The Labute approximate surface area is 114 Å². The van der Waals surface area contributed by atoms with Gasteiger partial charge in [-0.15, -0.1) is 11.8 Å². The molecule has 0 aromatic carbocycles. The van der Waals surface area contributed by atoms with Crippen LogP contribution in [0.3, 0.4) is 0 Å². The summed E-state index contributed by atoms with van der Waals surface area (Å²) in [6.45, 7) is 2.20. The maximum Gasteiger partial charge on any atom is 0.218 e. The van der Waals surface area contributed by atoms with Crippen molar-refractivity contribution in [2.75, 3.05) is 6.26 Å². The Morgan fingerprint density at radius 2 is 2.11 bits per heavy atom. The predicted molar refractivity (Wildman–Crippen MR) is 80.2 cm³/mol. The second kappa shape index (κ2) is 6.05. The van der Waals surface area contributed by atoms with Crippen LogP contribution in [0.25, 0.3) is 4.91 Å². The zero-order chi connectivity index (χ0) is 13.0. The Kier molecular flexibility index (Phi) is 4.43. The van der Waals surface area contributed by atoms with Crippen molar-refractivity contribution < 1.29 is 4.57 Å². The summed E-state index contributed by atoms with van der Waals surface area (Å²) in [5.41, 5.74) is 4.18. The first-order valence-electron chi connectivity index (χ1n) is 6.28. The first-order chi connectivity index (χ1) is 8.70. The van der Waals surface area contributed by atoms with Crippen molar-refractivity contribution in [1.29, 1.82) is 0 Å². The monoisotopic (exact) mass is 258 g/mol. The number of hydrogen-bond donors (Lipinski definition) is 0. The quantitative estimate of drug-likeness (QED) is 0.744. The van der Waals surface area contributed by atoms with Crippen molar-refractivity contribution in [2.24, 2.45) is 7.05 Å². The first kappa shape index (κ1) is 13.2. The van der Waals surface area contributed by atoms with E-state index < -0.39 is 0 Å². The van der Waals surface area contributed by atoms with Gasteiger partial charge in [-0.2, -0.15) is 0 Å². The highest BCUT2D eigenvalue weighted by Crippen LogP contribution is 2.27. The molecule has 0 saturated heterocycles. The zero-order valence-electron chi connectivity index (χ0n) is 11.3. The Hall–Kier alpha value is -1.28. The highest BCUT2D eigenvalue weighted by molar-refractivity contribution is 8.07. The number of thioether (sulfide) groups is 1. The molecule has 1 aliphatic rings. The second-order valence-electron chi connectivity index (χ2n) is 4.66. The molecular formula is C16H20NS+. The third-order valence-corrected chi connectivity index (χ3v) is 4.00. The van der Waals surface area contributed by atoms with Gasteiger partial charge in [-0.05, 0) is 43.7 Å². The van der Waals surface area contributed by atoms with Crippen LogP contribution in [-0.4, -0.2) is 6.26 Å². The zero-order valence-corrected chi connectivity index (χ0v) is 12.1. The molecule has 2 heteroatoms. The van der Waals surface area contributed by atoms with Gasteiger partial charge in [0.25, 0.3) is 0 Å². The molecule has 0 spiro atoms. The van der Waals surface area contributed by atoms with Crippen molar-refractivity contribution in [3.05, 3.63) is 59.5 Å². The van der Waals surface area contributed by atoms with E-state index >= 15 is 0 Å². The average molecular weight is 258 g/mol. The number of allylic oxidation sites excluding steroid dienone is 5. The predicted octanol–water partition coefficient (Wildman–Crippen LogP) is 3.88. The Balaban J connectivity index is 2.32. The molecular weight excluding hydrogens is 238 g/mol. The molecule has 0 N–H and O–H groups in total. The first-order valence-corrected chi connectivity index (χ1v) is 7.50. The van der Waals surface area contributed by atoms with Gasteiger partial charge >= 0.3 is 0 Å². The summed E-state index contributed by atoms with van der Waals surface area (Å²) < 4.78 is 2.17. The van der Waals surface area contributed by atoms with Crippen molar-refractivity contribution in [2.45, 2.75) is 19.8 Å². The summed E-state index contributed by atoms with van der Waals surface area (Å²) in [6.07, 6.45) is 13.4. The van der Waals surface area contributed by atoms with Gasteiger partial charge in [0.05, 0.1) is 4.91 Å². The van der Waals surface area contributed by atoms with Crippen LogP contribution in [0.15, 0.2) is 53.8 Å². The third-order valence-electron chi connectivity index (χ3n) is 3.23. The van der Waals surface area contributed by atoms with Crippen LogP contribution < -0.4 is 4.57 Å². The van der Waals surface area contributed by atoms with Crippen LogP contribution in [0.1, 0.15) is 25.5 Å². The topological polar surface area (TPSA) is 3.88 Å². The van der Waals surface area contributed by atoms with Gasteiger partial charge in [0, 0.05) is 12.1 Å². The highest BCUT2D eigenvalue weighted by Gasteiger charge is 2.12. The fraction of sp³-hybridized carbons (Fsp3) is 0.312. The highest BCUT2D eigenvalue weighted by atomic mass is 32.2. The summed E-state index contributed by atoms with van der Waals surface area (Å²) in [6, 6.07) is 6.33. The van der Waals surface area contributed by atoms with E-state index in [0.717, 1.165) is 6.42 Å². The number of pyridine rings is 1. The summed E-state index contributed by atoms with van der Waals surface area (Å²) in [7, 11) is 2.10. The Morgan fingerprint density at radius 3 is 2.72 bits per heavy atom. The van der Waals surface area contributed by atoms with Crippen molar-refractivity contribution >= 4 is 16.7 Å². The summed E-state index contributed by atoms with van der Waals surface area (Å²) in [4.78, 5) is 1.33. The molecule has 1 nitrogen and oxygen atoms in total. The standard InChI is InChI=1S/C16H20NS/c1-13-7-9-14(10-8-13)12-16(18-3)15-6-4-5-11-17(15)2/h4-7,9,11-12H,8,10H2,1-3H3/q+1/b16-12-. The van der Waals surface area contributed by atoms with Gasteiger partial charge < -0.3 is 0 Å². The number of aromatic nitrogens is 1. The lowest BCUT2D eigenvalue weighted by Gasteiger charge is -2.10. The van der Waals surface area contributed by atoms with E-state index in [1.807, 2.05) is 11.8 Å². The van der Waals surface area contributed by atoms with E-state index in [1.165, 1.54) is 28.2 Å². The lowest BCUT2D eigenvalue weighted by molar-refractivity contribution is -0.673. The van der Waals surface area contributed by atoms with Crippen LogP contribution in [-0.2, 0) is 7.05 Å². The molecule has 1 aliphatic carbocycles. The van der Waals surface area contributed by atoms with Gasteiger partial charge in [0.1, 0.15) is 7.05 Å². The molecule has 0 aliphatic heterocycles. The smallest absolute Gasteiger partial charge is 0.201 e. The molecule has 0 fully saturated rings. The van der Waals surface area contributed by atoms with Crippen molar-refractivity contribution in [3.8, 4) is 0 Å². The van der Waals surface area contributed by atoms with Gasteiger partial charge in [-0.1, -0.05) is 17.7 Å². The van der Waals surface area contributed by atoms with Crippen LogP contribution in [0.2, 0.25) is 0 Å². The van der Waals surface area contributed by atoms with E-state index in [0.29, 0.717) is 0 Å². The van der Waals surface area contributed by atoms with Crippen molar-refractivity contribution in [1.82, 2.24) is 0 Å². The minimum absolute atomic E-state index is 1.16. The maximum absolute atomic E-state index is 2.32. The minimum atomic E-state index is 1.16. The maximum atomic E-state index is 2.32. The Morgan fingerprint density at radius 1 is 1.28 bits per heavy atom. The van der Waals surface area contributed by atoms with E-state index in [-0.39, 0.29) is 0 Å². The lowest BCUT2D eigenvalue weighted by atomic mass is 9.99. The van der Waals surface area contributed by atoms with Gasteiger partial charge in [0.15, 0.2) is 6.20 Å². The van der Waals surface area contributed by atoms with E-state index in [2.05, 4.69) is 67.4 Å². The molecule has 1 aromatic heterocycles. The summed E-state index contributed by atoms with van der Waals surface area (Å²) in [5.74, 6) is 0. The van der Waals surface area contributed by atoms with Crippen LogP contribution in [0.5, 0.6) is 0 Å². The lowest BCUT2D eigenvalue weighted by Crippen LogP contribution is -2.31. The van der Waals surface area contributed by atoms with Crippen LogP contribution in [0, 0.1) is 0 Å². The van der Waals surface area contributed by atoms with Crippen LogP contribution in [0.4, 0.5) is 0 Å². The third kappa shape index (κ3) is 3.14. The molecule has 0 unspecified atom stereocenters. The molecule has 0 atom stereocenters. The second-order valence-corrected chi connectivity index (χ2v) is 5.51. The molecule has 1 heterocycles. The fourth-order valence-electron chi connectivity index (χ4n) is 2.06. The minimum Gasteiger partial charge on any atom is -0.201 e. The van der Waals surface area contributed by atoms with E-state index in [4.69, 9.17) is 0 Å². The van der Waals surface area contributed by atoms with Gasteiger partial charge in [-0.3, -0.25) is 0 Å². The fourth-order valence-corrected chi connectivity index (χ4v) is 2.75. The van der Waals surface area contributed by atoms with Crippen molar-refractivity contribution in [3.63, 3.8) is 0 Å². The Bertz CT molecular complexity index is 524. The molecule has 94 valence electrons. The SMILES string of the molecule is CS/C(=C\C1=CC=C(C)CC1)c1cccc[n+]1C. The number of aryl methyl sites for hydroxylation is 1. The van der Waals surface area contributed by atoms with Crippen LogP contribution >= 0.6 is 11.8 Å². The molecule has 2 rings (SSSR count). The molecule has 0 amide bonds. The normalized spacial score (nSPS) is 16.3. The van der Waals surface area contributed by atoms with E-state index in [9.17, 15) is 0 Å². The molecule has 0 radical (unpaired) electrons. The largest absolute Gasteiger partial charge is 0.218 e. The van der Waals surface area contributed by atoms with Gasteiger partial charge in [0.2, 0.25) is 5.69 Å². The summed E-state index contributed by atoms with van der Waals surface area (Å²) >= 11 is 1.81. The summed E-state index contributed by atoms with van der Waals surface area (Å²) in [5, 5.41) is 0. The average Bonchev–Trinajstić information content (AvgIpc) is 2.39. The molecule has 1 aromatic rings. The number of hydrogen-bond acceptors (Lipinski definition) is 1. The van der Waals surface area contributed by atoms with Gasteiger partial charge in [-0.25, -0.2) is 4.57 Å².